The van der Waals surface area contributed by atoms with Gasteiger partial charge in [-0.3, -0.25) is 0 Å². The maximum atomic E-state index is 6.16. The summed E-state index contributed by atoms with van der Waals surface area (Å²) in [5.74, 6) is 1.08. The Morgan fingerprint density at radius 3 is 2.89 bits per heavy atom. The summed E-state index contributed by atoms with van der Waals surface area (Å²) in [6, 6.07) is 6.04. The number of halogens is 1. The maximum Gasteiger partial charge on any atom is 0.113 e. The second-order valence-corrected chi connectivity index (χ2v) is 4.75. The summed E-state index contributed by atoms with van der Waals surface area (Å²) >= 11 is 6.16. The average Bonchev–Trinajstić information content (AvgIpc) is 2.78. The van der Waals surface area contributed by atoms with Crippen LogP contribution in [0.25, 0.3) is 0 Å². The van der Waals surface area contributed by atoms with Gasteiger partial charge in [-0.1, -0.05) is 30.7 Å². The van der Waals surface area contributed by atoms with Gasteiger partial charge in [0.15, 0.2) is 0 Å². The molecule has 0 saturated carbocycles. The Balaban J connectivity index is 2.18. The van der Waals surface area contributed by atoms with Crippen molar-refractivity contribution in [2.75, 3.05) is 0 Å². The first-order valence-corrected chi connectivity index (χ1v) is 6.59. The number of hydrogen-bond acceptors (Lipinski definition) is 2. The van der Waals surface area contributed by atoms with Crippen LogP contribution in [-0.4, -0.2) is 9.55 Å². The number of imidazole rings is 1. The third kappa shape index (κ3) is 2.92. The van der Waals surface area contributed by atoms with Crippen LogP contribution in [0.5, 0.6) is 0 Å². The number of rotatable bonds is 5. The molecule has 0 atom stereocenters. The summed E-state index contributed by atoms with van der Waals surface area (Å²) in [5, 5.41) is 0.739. The van der Waals surface area contributed by atoms with Gasteiger partial charge in [-0.05, 0) is 23.6 Å². The molecule has 0 amide bonds. The Morgan fingerprint density at radius 2 is 2.22 bits per heavy atom. The van der Waals surface area contributed by atoms with Gasteiger partial charge in [0, 0.05) is 36.9 Å². The van der Waals surface area contributed by atoms with Crippen molar-refractivity contribution in [2.45, 2.75) is 32.9 Å². The van der Waals surface area contributed by atoms with E-state index in [-0.39, 0.29) is 0 Å². The molecule has 2 aromatic rings. The molecule has 0 bridgehead atoms. The van der Waals surface area contributed by atoms with Crippen molar-refractivity contribution < 1.29 is 0 Å². The minimum Gasteiger partial charge on any atom is -0.335 e. The molecule has 96 valence electrons. The second kappa shape index (κ2) is 6.03. The standard InChI is InChI=1S/C14H18ClN3/c1-2-6-18-7-5-17-14(18)9-11-3-4-12(10-16)13(15)8-11/h3-5,7-8H,2,6,9-10,16H2,1H3. The summed E-state index contributed by atoms with van der Waals surface area (Å²) in [7, 11) is 0. The molecule has 0 aliphatic rings. The molecule has 0 aliphatic carbocycles. The van der Waals surface area contributed by atoms with E-state index in [0.717, 1.165) is 35.8 Å². The second-order valence-electron chi connectivity index (χ2n) is 4.34. The lowest BCUT2D eigenvalue weighted by Crippen LogP contribution is -2.04. The lowest BCUT2D eigenvalue weighted by Gasteiger charge is -2.08. The van der Waals surface area contributed by atoms with E-state index in [4.69, 9.17) is 17.3 Å². The van der Waals surface area contributed by atoms with Gasteiger partial charge in [0.05, 0.1) is 0 Å². The van der Waals surface area contributed by atoms with E-state index < -0.39 is 0 Å². The quantitative estimate of drug-likeness (QED) is 0.901. The smallest absolute Gasteiger partial charge is 0.113 e. The lowest BCUT2D eigenvalue weighted by molar-refractivity contribution is 0.647. The molecule has 1 aromatic heterocycles. The first kappa shape index (κ1) is 13.1. The highest BCUT2D eigenvalue weighted by Gasteiger charge is 2.05. The molecule has 0 spiro atoms. The molecule has 0 fully saturated rings. The Morgan fingerprint density at radius 1 is 1.39 bits per heavy atom. The zero-order valence-corrected chi connectivity index (χ0v) is 11.3. The van der Waals surface area contributed by atoms with Crippen LogP contribution in [0, 0.1) is 0 Å². The fraction of sp³-hybridized carbons (Fsp3) is 0.357. The van der Waals surface area contributed by atoms with Crippen LogP contribution in [-0.2, 0) is 19.5 Å². The third-order valence-electron chi connectivity index (χ3n) is 2.97. The lowest BCUT2D eigenvalue weighted by atomic mass is 10.1. The van der Waals surface area contributed by atoms with Crippen LogP contribution in [0.1, 0.15) is 30.3 Å². The normalized spacial score (nSPS) is 10.8. The third-order valence-corrected chi connectivity index (χ3v) is 3.32. The molecular formula is C14H18ClN3. The van der Waals surface area contributed by atoms with Crippen molar-refractivity contribution in [1.29, 1.82) is 0 Å². The molecule has 1 heterocycles. The Kier molecular flexibility index (Phi) is 4.39. The van der Waals surface area contributed by atoms with Gasteiger partial charge in [-0.25, -0.2) is 4.98 Å². The molecular weight excluding hydrogens is 246 g/mol. The Bertz CT molecular complexity index is 520. The van der Waals surface area contributed by atoms with E-state index in [1.807, 2.05) is 24.5 Å². The molecule has 18 heavy (non-hydrogen) atoms. The van der Waals surface area contributed by atoms with Crippen molar-refractivity contribution >= 4 is 11.6 Å². The van der Waals surface area contributed by atoms with E-state index in [2.05, 4.69) is 22.5 Å². The van der Waals surface area contributed by atoms with Crippen LogP contribution < -0.4 is 5.73 Å². The summed E-state index contributed by atoms with van der Waals surface area (Å²) < 4.78 is 2.19. The van der Waals surface area contributed by atoms with Crippen molar-refractivity contribution in [1.82, 2.24) is 9.55 Å². The average molecular weight is 264 g/mol. The monoisotopic (exact) mass is 263 g/mol. The van der Waals surface area contributed by atoms with E-state index in [9.17, 15) is 0 Å². The topological polar surface area (TPSA) is 43.8 Å². The highest BCUT2D eigenvalue weighted by Crippen LogP contribution is 2.19. The highest BCUT2D eigenvalue weighted by atomic mass is 35.5. The summed E-state index contributed by atoms with van der Waals surface area (Å²) in [4.78, 5) is 4.40. The van der Waals surface area contributed by atoms with Crippen LogP contribution >= 0.6 is 11.6 Å². The fourth-order valence-corrected chi connectivity index (χ4v) is 2.28. The first-order valence-electron chi connectivity index (χ1n) is 6.22. The zero-order valence-electron chi connectivity index (χ0n) is 10.6. The van der Waals surface area contributed by atoms with Crippen LogP contribution in [0.15, 0.2) is 30.6 Å². The van der Waals surface area contributed by atoms with Gasteiger partial charge in [-0.15, -0.1) is 0 Å². The van der Waals surface area contributed by atoms with E-state index in [1.165, 1.54) is 5.56 Å². The number of benzene rings is 1. The number of nitrogens with zero attached hydrogens (tertiary/aromatic N) is 2. The van der Waals surface area contributed by atoms with Crippen LogP contribution in [0.4, 0.5) is 0 Å². The number of nitrogens with two attached hydrogens (primary N) is 1. The van der Waals surface area contributed by atoms with E-state index in [1.54, 1.807) is 0 Å². The predicted octanol–water partition coefficient (Wildman–Crippen LogP) is 3.00. The van der Waals surface area contributed by atoms with Gasteiger partial charge in [0.2, 0.25) is 0 Å². The maximum absolute atomic E-state index is 6.16. The largest absolute Gasteiger partial charge is 0.335 e. The summed E-state index contributed by atoms with van der Waals surface area (Å²) in [6.07, 6.45) is 5.78. The fourth-order valence-electron chi connectivity index (χ4n) is 2.00. The molecule has 0 unspecified atom stereocenters. The van der Waals surface area contributed by atoms with Crippen molar-refractivity contribution in [3.05, 3.63) is 52.6 Å². The molecule has 0 radical (unpaired) electrons. The van der Waals surface area contributed by atoms with Crippen LogP contribution in [0.2, 0.25) is 5.02 Å². The van der Waals surface area contributed by atoms with Crippen molar-refractivity contribution in [2.24, 2.45) is 5.73 Å². The van der Waals surface area contributed by atoms with Gasteiger partial charge >= 0.3 is 0 Å². The molecule has 2 N–H and O–H groups in total. The molecule has 2 rings (SSSR count). The van der Waals surface area contributed by atoms with Crippen LogP contribution in [0.3, 0.4) is 0 Å². The van der Waals surface area contributed by atoms with E-state index in [0.29, 0.717) is 6.54 Å². The number of hydrogen-bond donors (Lipinski definition) is 1. The molecule has 1 aromatic carbocycles. The first-order chi connectivity index (χ1) is 8.74. The molecule has 0 saturated heterocycles. The number of aromatic nitrogens is 2. The minimum atomic E-state index is 0.476. The van der Waals surface area contributed by atoms with Crippen molar-refractivity contribution in [3.8, 4) is 0 Å². The Hall–Kier alpha value is -1.32. The highest BCUT2D eigenvalue weighted by molar-refractivity contribution is 6.31. The SMILES string of the molecule is CCCn1ccnc1Cc1ccc(CN)c(Cl)c1. The summed E-state index contributed by atoms with van der Waals surface area (Å²) in [5.41, 5.74) is 7.75. The van der Waals surface area contributed by atoms with Crippen molar-refractivity contribution in [3.63, 3.8) is 0 Å². The Labute approximate surface area is 113 Å². The summed E-state index contributed by atoms with van der Waals surface area (Å²) in [6.45, 7) is 3.64. The van der Waals surface area contributed by atoms with Gasteiger partial charge in [-0.2, -0.15) is 0 Å². The molecule has 0 aliphatic heterocycles. The molecule has 4 heteroatoms. The molecule has 3 nitrogen and oxygen atoms in total. The van der Waals surface area contributed by atoms with Gasteiger partial charge in [0.25, 0.3) is 0 Å². The van der Waals surface area contributed by atoms with E-state index >= 15 is 0 Å². The zero-order chi connectivity index (χ0) is 13.0. The predicted molar refractivity (Wildman–Crippen MR) is 74.7 cm³/mol. The van der Waals surface area contributed by atoms with Gasteiger partial charge < -0.3 is 10.3 Å². The number of aryl methyl sites for hydroxylation is 1. The van der Waals surface area contributed by atoms with Gasteiger partial charge in [0.1, 0.15) is 5.82 Å². The minimum absolute atomic E-state index is 0.476.